The molecule has 2 aromatic carbocycles. The average molecular weight is 503 g/mol. The molecule has 38 heavy (non-hydrogen) atoms. The summed E-state index contributed by atoms with van der Waals surface area (Å²) >= 11 is 0. The van der Waals surface area contributed by atoms with Gasteiger partial charge in [0.2, 0.25) is 11.8 Å². The van der Waals surface area contributed by atoms with Crippen LogP contribution in [0, 0.1) is 0 Å². The van der Waals surface area contributed by atoms with Crippen LogP contribution in [0.3, 0.4) is 0 Å². The van der Waals surface area contributed by atoms with E-state index in [4.69, 9.17) is 18.8 Å². The highest BCUT2D eigenvalue weighted by Gasteiger charge is 2.18. The van der Waals surface area contributed by atoms with Gasteiger partial charge in [-0.1, -0.05) is 53.7 Å². The monoisotopic (exact) mass is 502 g/mol. The molecule has 0 N–H and O–H groups in total. The topological polar surface area (TPSA) is 77.8 Å². The van der Waals surface area contributed by atoms with Gasteiger partial charge in [0, 0.05) is 12.4 Å². The zero-order valence-corrected chi connectivity index (χ0v) is 22.5. The summed E-state index contributed by atoms with van der Waals surface area (Å²) in [6.07, 6.45) is 3.54. The van der Waals surface area contributed by atoms with Gasteiger partial charge in [-0.15, -0.1) is 0 Å². The fraction of sp³-hybridized carbons (Fsp3) is 0.250. The minimum Gasteiger partial charge on any atom is -0.436 e. The second-order valence-electron chi connectivity index (χ2n) is 11.8. The Morgan fingerprint density at radius 2 is 0.947 bits per heavy atom. The van der Waals surface area contributed by atoms with Gasteiger partial charge in [-0.2, -0.15) is 0 Å². The van der Waals surface area contributed by atoms with Crippen molar-refractivity contribution in [2.75, 3.05) is 0 Å². The van der Waals surface area contributed by atoms with Crippen molar-refractivity contribution < 1.29 is 8.83 Å². The van der Waals surface area contributed by atoms with Crippen molar-refractivity contribution in [1.29, 1.82) is 0 Å². The van der Waals surface area contributed by atoms with Gasteiger partial charge in [0.1, 0.15) is 11.0 Å². The minimum atomic E-state index is 0.0509. The van der Waals surface area contributed by atoms with Crippen molar-refractivity contribution in [2.45, 2.75) is 52.4 Å². The summed E-state index contributed by atoms with van der Waals surface area (Å²) in [6.45, 7) is 13.1. The SMILES string of the molecule is CC(C)(C)c1ccc2oc(-c3ccc(-c4ccc(-c5nc6cc(C(C)(C)C)ccc6o5)cn4)nc3)nc2c1. The maximum atomic E-state index is 6.00. The van der Waals surface area contributed by atoms with E-state index in [9.17, 15) is 0 Å². The van der Waals surface area contributed by atoms with Crippen molar-refractivity contribution >= 4 is 22.2 Å². The number of hydrogen-bond acceptors (Lipinski definition) is 6. The van der Waals surface area contributed by atoms with E-state index in [-0.39, 0.29) is 10.8 Å². The number of benzene rings is 2. The summed E-state index contributed by atoms with van der Waals surface area (Å²) in [5.74, 6) is 1.11. The van der Waals surface area contributed by atoms with Crippen molar-refractivity contribution in [1.82, 2.24) is 19.9 Å². The Morgan fingerprint density at radius 1 is 0.526 bits per heavy atom. The number of nitrogens with zero attached hydrogens (tertiary/aromatic N) is 4. The van der Waals surface area contributed by atoms with E-state index in [0.717, 1.165) is 44.7 Å². The quantitative estimate of drug-likeness (QED) is 0.242. The van der Waals surface area contributed by atoms with Crippen LogP contribution >= 0.6 is 0 Å². The third kappa shape index (κ3) is 4.47. The smallest absolute Gasteiger partial charge is 0.228 e. The number of fused-ring (bicyclic) bond motifs is 2. The number of aromatic nitrogens is 4. The largest absolute Gasteiger partial charge is 0.436 e. The Bertz CT molecular complexity index is 1630. The molecule has 0 fully saturated rings. The molecule has 0 bridgehead atoms. The fourth-order valence-electron chi connectivity index (χ4n) is 4.38. The molecule has 0 aliphatic heterocycles. The lowest BCUT2D eigenvalue weighted by Gasteiger charge is -2.18. The molecule has 4 aromatic heterocycles. The highest BCUT2D eigenvalue weighted by Crippen LogP contribution is 2.31. The molecular formula is C32H30N4O2. The molecule has 190 valence electrons. The van der Waals surface area contributed by atoms with Crippen molar-refractivity contribution in [3.05, 3.63) is 84.2 Å². The number of pyridine rings is 2. The van der Waals surface area contributed by atoms with Gasteiger partial charge in [-0.25, -0.2) is 9.97 Å². The second kappa shape index (κ2) is 8.62. The lowest BCUT2D eigenvalue weighted by Crippen LogP contribution is -2.10. The van der Waals surface area contributed by atoms with Gasteiger partial charge >= 0.3 is 0 Å². The first-order valence-electron chi connectivity index (χ1n) is 12.8. The van der Waals surface area contributed by atoms with E-state index >= 15 is 0 Å². The van der Waals surface area contributed by atoms with Crippen LogP contribution in [0.4, 0.5) is 0 Å². The molecule has 0 radical (unpaired) electrons. The van der Waals surface area contributed by atoms with Crippen LogP contribution in [-0.4, -0.2) is 19.9 Å². The molecule has 0 amide bonds. The molecule has 6 heteroatoms. The maximum absolute atomic E-state index is 6.00. The first-order valence-corrected chi connectivity index (χ1v) is 12.8. The van der Waals surface area contributed by atoms with E-state index in [0.29, 0.717) is 11.8 Å². The second-order valence-corrected chi connectivity index (χ2v) is 11.8. The molecule has 6 rings (SSSR count). The molecule has 4 heterocycles. The van der Waals surface area contributed by atoms with E-state index in [2.05, 4.69) is 75.8 Å². The maximum Gasteiger partial charge on any atom is 0.228 e. The Balaban J connectivity index is 1.24. The van der Waals surface area contributed by atoms with Crippen LogP contribution in [0.15, 0.2) is 81.9 Å². The minimum absolute atomic E-state index is 0.0509. The van der Waals surface area contributed by atoms with Crippen LogP contribution in [0.5, 0.6) is 0 Å². The van der Waals surface area contributed by atoms with Crippen molar-refractivity contribution in [3.8, 4) is 34.3 Å². The van der Waals surface area contributed by atoms with Gasteiger partial charge in [0.15, 0.2) is 11.2 Å². The molecule has 0 unspecified atom stereocenters. The van der Waals surface area contributed by atoms with Gasteiger partial charge in [0.05, 0.1) is 22.5 Å². The Morgan fingerprint density at radius 3 is 1.29 bits per heavy atom. The average Bonchev–Trinajstić information content (AvgIpc) is 3.51. The standard InChI is InChI=1S/C32H30N4O2/c1-31(2,3)21-9-13-27-25(15-21)35-29(37-27)19-7-11-23(33-17-19)24-12-8-20(18-34-24)30-36-26-16-22(32(4,5)6)10-14-28(26)38-30/h7-18H,1-6H3. The molecule has 0 aliphatic rings. The van der Waals surface area contributed by atoms with Gasteiger partial charge < -0.3 is 8.83 Å². The Kier molecular flexibility index (Phi) is 5.45. The van der Waals surface area contributed by atoms with Gasteiger partial charge in [-0.3, -0.25) is 9.97 Å². The normalized spacial score (nSPS) is 12.5. The zero-order chi connectivity index (χ0) is 26.7. The van der Waals surface area contributed by atoms with Crippen molar-refractivity contribution in [2.24, 2.45) is 0 Å². The van der Waals surface area contributed by atoms with Crippen LogP contribution in [0.1, 0.15) is 52.7 Å². The predicted molar refractivity (Wildman–Crippen MR) is 151 cm³/mol. The summed E-state index contributed by atoms with van der Waals surface area (Å²) in [4.78, 5) is 18.6. The lowest BCUT2D eigenvalue weighted by molar-refractivity contribution is 0.589. The molecular weight excluding hydrogens is 472 g/mol. The molecule has 0 spiro atoms. The van der Waals surface area contributed by atoms with Crippen LogP contribution in [0.25, 0.3) is 56.5 Å². The molecule has 0 saturated heterocycles. The van der Waals surface area contributed by atoms with Crippen LogP contribution in [0.2, 0.25) is 0 Å². The molecule has 0 saturated carbocycles. The molecule has 0 aliphatic carbocycles. The first kappa shape index (κ1) is 24.0. The molecule has 6 aromatic rings. The summed E-state index contributed by atoms with van der Waals surface area (Å²) in [6, 6.07) is 20.1. The third-order valence-corrected chi connectivity index (χ3v) is 6.79. The summed E-state index contributed by atoms with van der Waals surface area (Å²) in [5, 5.41) is 0. The Labute approximate surface area is 221 Å². The van der Waals surface area contributed by atoms with E-state index in [1.807, 2.05) is 36.4 Å². The molecule has 0 atom stereocenters. The number of hydrogen-bond donors (Lipinski definition) is 0. The summed E-state index contributed by atoms with van der Waals surface area (Å²) < 4.78 is 12.0. The highest BCUT2D eigenvalue weighted by molar-refractivity contribution is 5.78. The van der Waals surface area contributed by atoms with Crippen LogP contribution < -0.4 is 0 Å². The Hall–Kier alpha value is -4.32. The van der Waals surface area contributed by atoms with Crippen molar-refractivity contribution in [3.63, 3.8) is 0 Å². The highest BCUT2D eigenvalue weighted by atomic mass is 16.4. The molecule has 6 nitrogen and oxygen atoms in total. The third-order valence-electron chi connectivity index (χ3n) is 6.79. The number of rotatable bonds is 3. The van der Waals surface area contributed by atoms with Gasteiger partial charge in [0.25, 0.3) is 0 Å². The first-order chi connectivity index (χ1) is 18.0. The summed E-state index contributed by atoms with van der Waals surface area (Å²) in [5.41, 5.74) is 8.94. The number of oxazole rings is 2. The van der Waals surface area contributed by atoms with Gasteiger partial charge in [-0.05, 0) is 70.5 Å². The zero-order valence-electron chi connectivity index (χ0n) is 22.5. The predicted octanol–water partition coefficient (Wildman–Crippen LogP) is 8.36. The lowest BCUT2D eigenvalue weighted by atomic mass is 9.87. The van der Waals surface area contributed by atoms with E-state index in [1.165, 1.54) is 11.1 Å². The fourth-order valence-corrected chi connectivity index (χ4v) is 4.38. The van der Waals surface area contributed by atoms with E-state index < -0.39 is 0 Å². The summed E-state index contributed by atoms with van der Waals surface area (Å²) in [7, 11) is 0. The van der Waals surface area contributed by atoms with Crippen LogP contribution in [-0.2, 0) is 10.8 Å². The van der Waals surface area contributed by atoms with E-state index in [1.54, 1.807) is 12.4 Å².